The molecule has 10 nitrogen and oxygen atoms in total. The zero-order valence-electron chi connectivity index (χ0n) is 21.5. The fourth-order valence-corrected chi connectivity index (χ4v) is 6.66. The van der Waals surface area contributed by atoms with Crippen LogP contribution in [0.1, 0.15) is 41.5 Å². The van der Waals surface area contributed by atoms with Gasteiger partial charge in [-0.05, 0) is 56.4 Å². The molecule has 5 aromatic rings. The molecule has 7 rings (SSSR count). The maximum absolute atomic E-state index is 14.0. The number of hydrogen-bond donors (Lipinski definition) is 5. The third-order valence-corrected chi connectivity index (χ3v) is 8.62. The van der Waals surface area contributed by atoms with Gasteiger partial charge in [0, 0.05) is 18.2 Å². The molecule has 1 aliphatic heterocycles. The van der Waals surface area contributed by atoms with Crippen molar-refractivity contribution >= 4 is 32.3 Å². The highest BCUT2D eigenvalue weighted by Gasteiger charge is 2.45. The predicted molar refractivity (Wildman–Crippen MR) is 147 cm³/mol. The molecule has 0 spiro atoms. The summed E-state index contributed by atoms with van der Waals surface area (Å²) in [5.74, 6) is 0. The van der Waals surface area contributed by atoms with Crippen molar-refractivity contribution in [3.05, 3.63) is 92.3 Å². The van der Waals surface area contributed by atoms with Gasteiger partial charge in [0.25, 0.3) is 5.56 Å². The number of rotatable bonds is 3. The SMILES string of the molecule is Cc1cn([C@H]2C[C@H](O)[C@@H](CO)O2)c(=O)n([C@H]2c3c(cc4ccc5cccc6ccc3c4c56)[C@H](O)[C@@H](O)[C@H]2O)c1=O. The lowest BCUT2D eigenvalue weighted by molar-refractivity contribution is -0.0856. The van der Waals surface area contributed by atoms with Crippen molar-refractivity contribution in [2.75, 3.05) is 6.61 Å². The van der Waals surface area contributed by atoms with Gasteiger partial charge in [0.2, 0.25) is 0 Å². The Kier molecular flexibility index (Phi) is 5.66. The van der Waals surface area contributed by atoms with Gasteiger partial charge >= 0.3 is 5.69 Å². The first-order valence-electron chi connectivity index (χ1n) is 13.2. The molecule has 0 saturated carbocycles. The molecule has 4 aromatic carbocycles. The summed E-state index contributed by atoms with van der Waals surface area (Å²) in [6, 6.07) is 14.0. The first kappa shape index (κ1) is 25.3. The smallest absolute Gasteiger partial charge is 0.333 e. The summed E-state index contributed by atoms with van der Waals surface area (Å²) >= 11 is 0. The van der Waals surface area contributed by atoms with E-state index in [-0.39, 0.29) is 12.0 Å². The topological polar surface area (TPSA) is 154 Å². The molecule has 0 bridgehead atoms. The minimum Gasteiger partial charge on any atom is -0.394 e. The summed E-state index contributed by atoms with van der Waals surface area (Å²) in [6.07, 6.45) is -6.32. The number of fused-ring (bicyclic) bond motifs is 2. The van der Waals surface area contributed by atoms with Crippen LogP contribution >= 0.6 is 0 Å². The Morgan fingerprint density at radius 1 is 0.925 bits per heavy atom. The lowest BCUT2D eigenvalue weighted by atomic mass is 9.77. The molecule has 206 valence electrons. The second kappa shape index (κ2) is 8.93. The summed E-state index contributed by atoms with van der Waals surface area (Å²) in [6.45, 7) is 1.08. The van der Waals surface area contributed by atoms with Crippen LogP contribution in [0, 0.1) is 6.92 Å². The third kappa shape index (κ3) is 3.38. The van der Waals surface area contributed by atoms with E-state index in [1.165, 1.54) is 17.7 Å². The second-order valence-electron chi connectivity index (χ2n) is 10.9. The Balaban J connectivity index is 1.54. The zero-order chi connectivity index (χ0) is 28.0. The van der Waals surface area contributed by atoms with Crippen molar-refractivity contribution in [2.45, 2.75) is 56.1 Å². The second-order valence-corrected chi connectivity index (χ2v) is 10.9. The predicted octanol–water partition coefficient (Wildman–Crippen LogP) is 1.21. The van der Waals surface area contributed by atoms with E-state index in [1.54, 1.807) is 6.07 Å². The molecule has 1 fully saturated rings. The third-order valence-electron chi connectivity index (χ3n) is 8.62. The van der Waals surface area contributed by atoms with Gasteiger partial charge in [-0.25, -0.2) is 9.36 Å². The van der Waals surface area contributed by atoms with Crippen LogP contribution in [-0.2, 0) is 4.74 Å². The van der Waals surface area contributed by atoms with E-state index in [0.717, 1.165) is 31.5 Å². The molecule has 0 radical (unpaired) electrons. The van der Waals surface area contributed by atoms with Gasteiger partial charge in [-0.2, -0.15) is 0 Å². The quantitative estimate of drug-likeness (QED) is 0.213. The number of nitrogens with zero attached hydrogens (tertiary/aromatic N) is 2. The molecule has 2 aliphatic rings. The Morgan fingerprint density at radius 3 is 2.33 bits per heavy atom. The van der Waals surface area contributed by atoms with Crippen molar-refractivity contribution in [1.82, 2.24) is 9.13 Å². The van der Waals surface area contributed by atoms with E-state index in [1.807, 2.05) is 42.5 Å². The maximum Gasteiger partial charge on any atom is 0.333 e. The average Bonchev–Trinajstić information content (AvgIpc) is 3.34. The van der Waals surface area contributed by atoms with Gasteiger partial charge in [-0.1, -0.05) is 42.5 Å². The van der Waals surface area contributed by atoms with Crippen LogP contribution in [-0.4, -0.2) is 65.7 Å². The lowest BCUT2D eigenvalue weighted by Crippen LogP contribution is -2.52. The normalized spacial score (nSPS) is 28.6. The van der Waals surface area contributed by atoms with Crippen molar-refractivity contribution in [3.63, 3.8) is 0 Å². The Bertz CT molecular complexity index is 1900. The summed E-state index contributed by atoms with van der Waals surface area (Å²) < 4.78 is 7.79. The number of hydrogen-bond acceptors (Lipinski definition) is 8. The molecule has 1 aliphatic carbocycles. The largest absolute Gasteiger partial charge is 0.394 e. The highest BCUT2D eigenvalue weighted by atomic mass is 16.5. The van der Waals surface area contributed by atoms with Crippen molar-refractivity contribution in [1.29, 1.82) is 0 Å². The monoisotopic (exact) mass is 544 g/mol. The van der Waals surface area contributed by atoms with Crippen molar-refractivity contribution in [2.24, 2.45) is 0 Å². The summed E-state index contributed by atoms with van der Waals surface area (Å²) in [7, 11) is 0. The highest BCUT2D eigenvalue weighted by Crippen LogP contribution is 2.46. The molecule has 1 aromatic heterocycles. The highest BCUT2D eigenvalue weighted by molar-refractivity contribution is 6.23. The summed E-state index contributed by atoms with van der Waals surface area (Å²) in [5, 5.41) is 58.6. The standard InChI is InChI=1S/C30H28N2O8/c1-13-11-31(21-10-19(34)20(12-33)40-21)30(39)32(29(13)38)25-24-17-8-7-15-4-2-3-14-5-6-16(23(17)22(14)15)9-18(24)26(35)28(37)27(25)36/h2-9,11,19-21,25-28,33-37H,10,12H2,1H3/t19-,20+,21+,25-,26-,27-,28+/m0/s1. The molecule has 2 heterocycles. The van der Waals surface area contributed by atoms with E-state index in [9.17, 15) is 35.1 Å². The molecule has 0 amide bonds. The van der Waals surface area contributed by atoms with Crippen LogP contribution in [0.4, 0.5) is 0 Å². The molecular weight excluding hydrogens is 516 g/mol. The van der Waals surface area contributed by atoms with Gasteiger partial charge in [0.15, 0.2) is 0 Å². The van der Waals surface area contributed by atoms with Crippen LogP contribution in [0.3, 0.4) is 0 Å². The number of aliphatic hydroxyl groups excluding tert-OH is 5. The van der Waals surface area contributed by atoms with E-state index in [4.69, 9.17) is 4.74 Å². The van der Waals surface area contributed by atoms with Crippen molar-refractivity contribution < 1.29 is 30.3 Å². The lowest BCUT2D eigenvalue weighted by Gasteiger charge is -2.39. The molecular formula is C30H28N2O8. The number of ether oxygens (including phenoxy) is 1. The van der Waals surface area contributed by atoms with Crippen LogP contribution in [0.5, 0.6) is 0 Å². The number of benzene rings is 4. The van der Waals surface area contributed by atoms with Gasteiger partial charge in [0.05, 0.1) is 18.8 Å². The average molecular weight is 545 g/mol. The van der Waals surface area contributed by atoms with Gasteiger partial charge in [-0.15, -0.1) is 0 Å². The molecule has 5 N–H and O–H groups in total. The van der Waals surface area contributed by atoms with E-state index in [0.29, 0.717) is 16.5 Å². The van der Waals surface area contributed by atoms with E-state index in [2.05, 4.69) is 0 Å². The van der Waals surface area contributed by atoms with Crippen LogP contribution in [0.25, 0.3) is 32.3 Å². The van der Waals surface area contributed by atoms with Crippen LogP contribution in [0.2, 0.25) is 0 Å². The van der Waals surface area contributed by atoms with E-state index >= 15 is 0 Å². The Labute approximate surface area is 226 Å². The van der Waals surface area contributed by atoms with Gasteiger partial charge < -0.3 is 30.3 Å². The fourth-order valence-electron chi connectivity index (χ4n) is 6.66. The van der Waals surface area contributed by atoms with Crippen molar-refractivity contribution in [3.8, 4) is 0 Å². The number of aliphatic hydroxyl groups is 5. The summed E-state index contributed by atoms with van der Waals surface area (Å²) in [4.78, 5) is 27.6. The van der Waals surface area contributed by atoms with Gasteiger partial charge in [-0.3, -0.25) is 9.36 Å². The maximum atomic E-state index is 14.0. The summed E-state index contributed by atoms with van der Waals surface area (Å²) in [5.41, 5.74) is -0.593. The minimum absolute atomic E-state index is 0.0152. The number of aromatic nitrogens is 2. The minimum atomic E-state index is -1.69. The molecule has 10 heteroatoms. The molecule has 7 atom stereocenters. The number of aryl methyl sites for hydroxylation is 1. The van der Waals surface area contributed by atoms with Gasteiger partial charge in [0.1, 0.15) is 30.6 Å². The Morgan fingerprint density at radius 2 is 1.62 bits per heavy atom. The van der Waals surface area contributed by atoms with Crippen LogP contribution in [0.15, 0.2) is 64.3 Å². The zero-order valence-corrected chi connectivity index (χ0v) is 21.5. The van der Waals surface area contributed by atoms with E-state index < -0.39 is 60.6 Å². The molecule has 1 saturated heterocycles. The van der Waals surface area contributed by atoms with Crippen LogP contribution < -0.4 is 11.2 Å². The first-order valence-corrected chi connectivity index (χ1v) is 13.2. The first-order chi connectivity index (χ1) is 19.2. The molecule has 40 heavy (non-hydrogen) atoms. The fraction of sp³-hybridized carbons (Fsp3) is 0.333. The Hall–Kier alpha value is -3.64. The molecule has 0 unspecified atom stereocenters.